The van der Waals surface area contributed by atoms with E-state index in [1.54, 1.807) is 0 Å². The van der Waals surface area contributed by atoms with Crippen molar-refractivity contribution in [3.63, 3.8) is 0 Å². The largest absolute Gasteiger partial charge is 0.462 e. The van der Waals surface area contributed by atoms with Crippen molar-refractivity contribution < 1.29 is 28.6 Å². The summed E-state index contributed by atoms with van der Waals surface area (Å²) >= 11 is 0. The Kier molecular flexibility index (Phi) is 49.7. The third-order valence-corrected chi connectivity index (χ3v) is 12.6. The first-order valence-electron chi connectivity index (χ1n) is 27.5. The van der Waals surface area contributed by atoms with E-state index in [1.807, 2.05) is 0 Å². The van der Waals surface area contributed by atoms with Crippen LogP contribution in [-0.2, 0) is 28.6 Å². The van der Waals surface area contributed by atoms with E-state index in [9.17, 15) is 14.4 Å². The monoisotopic (exact) mass is 863 g/mol. The van der Waals surface area contributed by atoms with E-state index in [-0.39, 0.29) is 31.1 Å². The number of hydrogen-bond acceptors (Lipinski definition) is 6. The summed E-state index contributed by atoms with van der Waals surface area (Å²) in [5.74, 6) is -0.849. The lowest BCUT2D eigenvalue weighted by atomic mass is 10.0. The molecule has 0 aromatic carbocycles. The van der Waals surface area contributed by atoms with Crippen LogP contribution >= 0.6 is 0 Å². The van der Waals surface area contributed by atoms with Crippen LogP contribution < -0.4 is 0 Å². The molecule has 1 atom stereocenters. The van der Waals surface area contributed by atoms with Gasteiger partial charge < -0.3 is 14.2 Å². The average Bonchev–Trinajstić information content (AvgIpc) is 3.26. The molecule has 6 nitrogen and oxygen atoms in total. The highest BCUT2D eigenvalue weighted by Gasteiger charge is 2.19. The van der Waals surface area contributed by atoms with Gasteiger partial charge in [-0.3, -0.25) is 14.4 Å². The molecule has 0 aliphatic carbocycles. The quantitative estimate of drug-likeness (QED) is 0.0344. The van der Waals surface area contributed by atoms with Crippen LogP contribution in [0.25, 0.3) is 0 Å². The molecule has 0 saturated carbocycles. The highest BCUT2D eigenvalue weighted by atomic mass is 16.6. The third-order valence-electron chi connectivity index (χ3n) is 12.6. The van der Waals surface area contributed by atoms with Crippen molar-refractivity contribution in [3.8, 4) is 0 Å². The summed E-state index contributed by atoms with van der Waals surface area (Å²) in [6, 6.07) is 0. The molecule has 0 aromatic heterocycles. The molecule has 0 amide bonds. The van der Waals surface area contributed by atoms with E-state index in [4.69, 9.17) is 14.2 Å². The van der Waals surface area contributed by atoms with Crippen LogP contribution in [0.3, 0.4) is 0 Å². The van der Waals surface area contributed by atoms with Crippen molar-refractivity contribution in [2.24, 2.45) is 0 Å². The second kappa shape index (κ2) is 51.0. The molecular weight excluding hydrogens is 757 g/mol. The van der Waals surface area contributed by atoms with Gasteiger partial charge in [-0.2, -0.15) is 0 Å². The molecule has 61 heavy (non-hydrogen) atoms. The maximum absolute atomic E-state index is 12.7. The molecule has 0 aliphatic rings. The Hall–Kier alpha value is -1.59. The number of unbranched alkanes of at least 4 members (excludes halogenated alkanes) is 40. The highest BCUT2D eigenvalue weighted by molar-refractivity contribution is 5.71. The number of carbonyl (C=O) groups is 3. The zero-order valence-electron chi connectivity index (χ0n) is 41.5. The lowest BCUT2D eigenvalue weighted by molar-refractivity contribution is -0.167. The number of esters is 3. The molecule has 1 unspecified atom stereocenters. The zero-order chi connectivity index (χ0) is 44.4. The van der Waals surface area contributed by atoms with E-state index in [0.717, 1.165) is 57.8 Å². The Bertz CT molecular complexity index is 905. The van der Waals surface area contributed by atoms with Crippen LogP contribution in [0.1, 0.15) is 316 Å². The third kappa shape index (κ3) is 49.3. The molecule has 0 heterocycles. The van der Waals surface area contributed by atoms with Gasteiger partial charge in [-0.25, -0.2) is 0 Å². The molecule has 0 N–H and O–H groups in total. The van der Waals surface area contributed by atoms with Crippen LogP contribution in [0.4, 0.5) is 0 Å². The molecule has 6 heteroatoms. The van der Waals surface area contributed by atoms with Gasteiger partial charge in [-0.15, -0.1) is 0 Å². The normalized spacial score (nSPS) is 11.9. The fourth-order valence-corrected chi connectivity index (χ4v) is 8.45. The topological polar surface area (TPSA) is 78.9 Å². The van der Waals surface area contributed by atoms with E-state index in [2.05, 4.69) is 20.8 Å². The van der Waals surface area contributed by atoms with Crippen LogP contribution in [-0.4, -0.2) is 37.2 Å². The molecule has 362 valence electrons. The average molecular weight is 863 g/mol. The smallest absolute Gasteiger partial charge is 0.306 e. The number of carbonyl (C=O) groups excluding carboxylic acids is 3. The van der Waals surface area contributed by atoms with Crippen molar-refractivity contribution in [1.82, 2.24) is 0 Å². The van der Waals surface area contributed by atoms with Crippen LogP contribution in [0.5, 0.6) is 0 Å². The number of rotatable bonds is 51. The summed E-state index contributed by atoms with van der Waals surface area (Å²) in [5, 5.41) is 0. The number of ether oxygens (including phenoxy) is 3. The predicted molar refractivity (Wildman–Crippen MR) is 261 cm³/mol. The van der Waals surface area contributed by atoms with E-state index < -0.39 is 6.10 Å². The molecule has 0 radical (unpaired) electrons. The van der Waals surface area contributed by atoms with Gasteiger partial charge in [0.2, 0.25) is 0 Å². The first-order chi connectivity index (χ1) is 30.0. The Morgan fingerprint density at radius 1 is 0.262 bits per heavy atom. The van der Waals surface area contributed by atoms with Gasteiger partial charge in [0.1, 0.15) is 13.2 Å². The Labute approximate surface area is 380 Å². The maximum atomic E-state index is 12.7. The van der Waals surface area contributed by atoms with Crippen LogP contribution in [0.2, 0.25) is 0 Å². The number of hydrogen-bond donors (Lipinski definition) is 0. The fourth-order valence-electron chi connectivity index (χ4n) is 8.45. The van der Waals surface area contributed by atoms with Crippen molar-refractivity contribution in [2.45, 2.75) is 322 Å². The van der Waals surface area contributed by atoms with Crippen LogP contribution in [0, 0.1) is 0 Å². The minimum atomic E-state index is -0.758. The van der Waals surface area contributed by atoms with E-state index in [0.29, 0.717) is 19.3 Å². The second-order valence-corrected chi connectivity index (χ2v) is 18.9. The molecule has 0 rings (SSSR count). The van der Waals surface area contributed by atoms with Gasteiger partial charge in [0.15, 0.2) is 6.10 Å². The summed E-state index contributed by atoms with van der Waals surface area (Å²) in [6.45, 7) is 6.64. The Morgan fingerprint density at radius 2 is 0.443 bits per heavy atom. The second-order valence-electron chi connectivity index (χ2n) is 18.9. The minimum Gasteiger partial charge on any atom is -0.462 e. The van der Waals surface area contributed by atoms with Crippen molar-refractivity contribution in [3.05, 3.63) is 0 Å². The SMILES string of the molecule is CCCCCCCCCCCCCCCCCCCCCCCCCCCC(=O)OCC(COC(=O)CCCCCCCCCC)OC(=O)CCCCCCCCCCCC. The summed E-state index contributed by atoms with van der Waals surface area (Å²) < 4.78 is 16.7. The maximum Gasteiger partial charge on any atom is 0.306 e. The first kappa shape index (κ1) is 59.4. The molecule has 0 fully saturated rings. The van der Waals surface area contributed by atoms with Gasteiger partial charge in [0.25, 0.3) is 0 Å². The van der Waals surface area contributed by atoms with Crippen molar-refractivity contribution in [2.75, 3.05) is 13.2 Å². The van der Waals surface area contributed by atoms with E-state index >= 15 is 0 Å². The minimum absolute atomic E-state index is 0.0624. The zero-order valence-corrected chi connectivity index (χ0v) is 41.5. The summed E-state index contributed by atoms with van der Waals surface area (Å²) in [6.07, 6.45) is 55.5. The van der Waals surface area contributed by atoms with E-state index in [1.165, 1.54) is 218 Å². The van der Waals surface area contributed by atoms with Gasteiger partial charge in [0, 0.05) is 19.3 Å². The Morgan fingerprint density at radius 3 is 0.656 bits per heavy atom. The molecule has 0 bridgehead atoms. The molecule has 0 spiro atoms. The first-order valence-corrected chi connectivity index (χ1v) is 27.5. The molecule has 0 aromatic rings. The standard InChI is InChI=1S/C55H106O6/c1-4-7-10-13-16-19-21-22-23-24-25-26-27-28-29-30-31-32-33-34-35-37-39-42-45-48-54(57)60-51-52(50-59-53(56)47-44-41-38-18-15-12-9-6-3)61-55(58)49-46-43-40-36-20-17-14-11-8-5-2/h52H,4-51H2,1-3H3. The molecule has 0 saturated heterocycles. The van der Waals surface area contributed by atoms with Gasteiger partial charge in [0.05, 0.1) is 0 Å². The summed E-state index contributed by atoms with van der Waals surface area (Å²) in [4.78, 5) is 37.8. The van der Waals surface area contributed by atoms with Crippen molar-refractivity contribution in [1.29, 1.82) is 0 Å². The van der Waals surface area contributed by atoms with Gasteiger partial charge >= 0.3 is 17.9 Å². The van der Waals surface area contributed by atoms with Crippen LogP contribution in [0.15, 0.2) is 0 Å². The molecular formula is C55H106O6. The fraction of sp³-hybridized carbons (Fsp3) is 0.945. The Balaban J connectivity index is 4.02. The van der Waals surface area contributed by atoms with Gasteiger partial charge in [-0.05, 0) is 19.3 Å². The summed E-state index contributed by atoms with van der Waals surface area (Å²) in [5.41, 5.74) is 0. The summed E-state index contributed by atoms with van der Waals surface area (Å²) in [7, 11) is 0. The highest BCUT2D eigenvalue weighted by Crippen LogP contribution is 2.17. The lowest BCUT2D eigenvalue weighted by Gasteiger charge is -2.18. The van der Waals surface area contributed by atoms with Gasteiger partial charge in [-0.1, -0.05) is 278 Å². The lowest BCUT2D eigenvalue weighted by Crippen LogP contribution is -2.30. The predicted octanol–water partition coefficient (Wildman–Crippen LogP) is 18.0. The molecule has 0 aliphatic heterocycles. The van der Waals surface area contributed by atoms with Crippen molar-refractivity contribution >= 4 is 17.9 Å².